The number of nitrogens with one attached hydrogen (secondary N) is 2. The third-order valence-electron chi connectivity index (χ3n) is 3.62. The zero-order chi connectivity index (χ0) is 10.8. The molecule has 2 N–H and O–H groups in total. The zero-order valence-corrected chi connectivity index (χ0v) is 9.76. The highest BCUT2D eigenvalue weighted by Gasteiger charge is 2.19. The Hall–Kier alpha value is -0.860. The molecule has 0 amide bonds. The van der Waals surface area contributed by atoms with Crippen LogP contribution in [0.25, 0.3) is 0 Å². The molecule has 0 bridgehead atoms. The second-order valence-electron chi connectivity index (χ2n) is 4.99. The Kier molecular flexibility index (Phi) is 2.94. The van der Waals surface area contributed by atoms with Crippen LogP contribution < -0.4 is 10.6 Å². The Morgan fingerprint density at radius 1 is 1.25 bits per heavy atom. The average Bonchev–Trinajstić information content (AvgIpc) is 3.00. The van der Waals surface area contributed by atoms with Crippen molar-refractivity contribution >= 4 is 0 Å². The molecule has 0 aromatic heterocycles. The fourth-order valence-electron chi connectivity index (χ4n) is 2.51. The minimum Gasteiger partial charge on any atom is -0.314 e. The second kappa shape index (κ2) is 4.56. The van der Waals surface area contributed by atoms with Crippen molar-refractivity contribution in [3.8, 4) is 0 Å². The van der Waals surface area contributed by atoms with E-state index < -0.39 is 0 Å². The maximum Gasteiger partial charge on any atom is 0.0214 e. The van der Waals surface area contributed by atoms with Gasteiger partial charge in [-0.15, -0.1) is 0 Å². The van der Waals surface area contributed by atoms with E-state index in [0.717, 1.165) is 19.1 Å². The summed E-state index contributed by atoms with van der Waals surface area (Å²) in [4.78, 5) is 0. The van der Waals surface area contributed by atoms with E-state index in [0.29, 0.717) is 0 Å². The van der Waals surface area contributed by atoms with Gasteiger partial charge in [0, 0.05) is 19.1 Å². The number of hydrogen-bond donors (Lipinski definition) is 2. The van der Waals surface area contributed by atoms with Gasteiger partial charge in [-0.1, -0.05) is 18.2 Å². The third kappa shape index (κ3) is 2.28. The summed E-state index contributed by atoms with van der Waals surface area (Å²) in [6.45, 7) is 3.31. The topological polar surface area (TPSA) is 24.1 Å². The Bertz CT molecular complexity index is 369. The highest BCUT2D eigenvalue weighted by molar-refractivity contribution is 5.37. The van der Waals surface area contributed by atoms with E-state index in [9.17, 15) is 0 Å². The first-order chi connectivity index (χ1) is 7.93. The molecule has 0 atom stereocenters. The number of aryl methyl sites for hydroxylation is 1. The summed E-state index contributed by atoms with van der Waals surface area (Å²) < 4.78 is 0. The fourth-order valence-corrected chi connectivity index (χ4v) is 2.51. The second-order valence-corrected chi connectivity index (χ2v) is 4.99. The van der Waals surface area contributed by atoms with Gasteiger partial charge in [0.2, 0.25) is 0 Å². The monoisotopic (exact) mass is 216 g/mol. The minimum absolute atomic E-state index is 0.850. The first kappa shape index (κ1) is 10.3. The lowest BCUT2D eigenvalue weighted by Gasteiger charge is -2.08. The molecule has 86 valence electrons. The molecular weight excluding hydrogens is 196 g/mol. The van der Waals surface area contributed by atoms with Crippen molar-refractivity contribution in [2.45, 2.75) is 44.8 Å². The molecule has 2 aliphatic rings. The molecule has 0 saturated heterocycles. The lowest BCUT2D eigenvalue weighted by Crippen LogP contribution is -2.18. The van der Waals surface area contributed by atoms with Crippen LogP contribution in [-0.4, -0.2) is 12.6 Å². The van der Waals surface area contributed by atoms with Crippen LogP contribution >= 0.6 is 0 Å². The van der Waals surface area contributed by atoms with Crippen LogP contribution in [-0.2, 0) is 19.5 Å². The van der Waals surface area contributed by atoms with Gasteiger partial charge in [0.15, 0.2) is 0 Å². The summed E-state index contributed by atoms with van der Waals surface area (Å²) in [5.74, 6) is 0. The molecule has 1 heterocycles. The van der Waals surface area contributed by atoms with Crippen LogP contribution in [0.15, 0.2) is 18.2 Å². The SMILES string of the molecule is c1cc(CCCNC2CC2)c2c(c1)CNC2. The van der Waals surface area contributed by atoms with Gasteiger partial charge in [-0.25, -0.2) is 0 Å². The summed E-state index contributed by atoms with van der Waals surface area (Å²) in [5.41, 5.74) is 4.63. The molecule has 1 aromatic rings. The van der Waals surface area contributed by atoms with Crippen LogP contribution in [0.4, 0.5) is 0 Å². The van der Waals surface area contributed by atoms with E-state index in [2.05, 4.69) is 28.8 Å². The quantitative estimate of drug-likeness (QED) is 0.735. The molecule has 2 nitrogen and oxygen atoms in total. The van der Waals surface area contributed by atoms with E-state index in [1.807, 2.05) is 0 Å². The maximum atomic E-state index is 3.58. The van der Waals surface area contributed by atoms with Crippen molar-refractivity contribution in [3.05, 3.63) is 34.9 Å². The van der Waals surface area contributed by atoms with Crippen molar-refractivity contribution in [1.82, 2.24) is 10.6 Å². The number of benzene rings is 1. The first-order valence-corrected chi connectivity index (χ1v) is 6.47. The molecule has 0 radical (unpaired) electrons. The number of rotatable bonds is 5. The minimum atomic E-state index is 0.850. The van der Waals surface area contributed by atoms with Gasteiger partial charge in [-0.05, 0) is 48.9 Å². The summed E-state index contributed by atoms with van der Waals surface area (Å²) in [5, 5.41) is 7.01. The molecule has 1 saturated carbocycles. The van der Waals surface area contributed by atoms with Gasteiger partial charge >= 0.3 is 0 Å². The predicted octanol–water partition coefficient (Wildman–Crippen LogP) is 1.97. The molecule has 3 rings (SSSR count). The van der Waals surface area contributed by atoms with Crippen molar-refractivity contribution in [2.24, 2.45) is 0 Å². The molecule has 16 heavy (non-hydrogen) atoms. The highest BCUT2D eigenvalue weighted by atomic mass is 14.9. The average molecular weight is 216 g/mol. The van der Waals surface area contributed by atoms with Gasteiger partial charge in [-0.2, -0.15) is 0 Å². The Labute approximate surface area is 97.4 Å². The molecule has 0 spiro atoms. The summed E-state index contributed by atoms with van der Waals surface area (Å²) in [6.07, 6.45) is 5.28. The smallest absolute Gasteiger partial charge is 0.0214 e. The number of hydrogen-bond acceptors (Lipinski definition) is 2. The zero-order valence-electron chi connectivity index (χ0n) is 9.76. The summed E-state index contributed by atoms with van der Waals surface area (Å²) in [6, 6.07) is 7.60. The molecule has 1 aliphatic carbocycles. The molecular formula is C14H20N2. The van der Waals surface area contributed by atoms with E-state index in [1.165, 1.54) is 37.8 Å². The van der Waals surface area contributed by atoms with Gasteiger partial charge in [0.05, 0.1) is 0 Å². The van der Waals surface area contributed by atoms with Gasteiger partial charge < -0.3 is 10.6 Å². The lowest BCUT2D eigenvalue weighted by molar-refractivity contribution is 0.643. The molecule has 1 aliphatic heterocycles. The third-order valence-corrected chi connectivity index (χ3v) is 3.62. The molecule has 0 unspecified atom stereocenters. The predicted molar refractivity (Wildman–Crippen MR) is 66.3 cm³/mol. The standard InChI is InChI=1S/C14H20N2/c1-3-11(5-2-8-16-13-6-7-13)14-10-15-9-12(14)4-1/h1,3-4,13,15-16H,2,5-10H2. The summed E-state index contributed by atoms with van der Waals surface area (Å²) >= 11 is 0. The fraction of sp³-hybridized carbons (Fsp3) is 0.571. The Morgan fingerprint density at radius 3 is 3.06 bits per heavy atom. The van der Waals surface area contributed by atoms with Crippen molar-refractivity contribution in [2.75, 3.05) is 6.54 Å². The Morgan fingerprint density at radius 2 is 2.19 bits per heavy atom. The maximum absolute atomic E-state index is 3.58. The first-order valence-electron chi connectivity index (χ1n) is 6.47. The molecule has 1 fully saturated rings. The van der Waals surface area contributed by atoms with Crippen LogP contribution in [0.1, 0.15) is 36.0 Å². The van der Waals surface area contributed by atoms with Crippen LogP contribution in [0.5, 0.6) is 0 Å². The highest BCUT2D eigenvalue weighted by Crippen LogP contribution is 2.21. The van der Waals surface area contributed by atoms with Gasteiger partial charge in [0.1, 0.15) is 0 Å². The number of fused-ring (bicyclic) bond motifs is 1. The normalized spacial score (nSPS) is 18.8. The van der Waals surface area contributed by atoms with E-state index in [1.54, 1.807) is 11.1 Å². The van der Waals surface area contributed by atoms with Crippen molar-refractivity contribution < 1.29 is 0 Å². The van der Waals surface area contributed by atoms with Crippen molar-refractivity contribution in [3.63, 3.8) is 0 Å². The van der Waals surface area contributed by atoms with E-state index >= 15 is 0 Å². The lowest BCUT2D eigenvalue weighted by atomic mass is 10.00. The Balaban J connectivity index is 1.55. The van der Waals surface area contributed by atoms with Crippen LogP contribution in [0.2, 0.25) is 0 Å². The van der Waals surface area contributed by atoms with Gasteiger partial charge in [0.25, 0.3) is 0 Å². The van der Waals surface area contributed by atoms with Crippen LogP contribution in [0.3, 0.4) is 0 Å². The largest absolute Gasteiger partial charge is 0.314 e. The van der Waals surface area contributed by atoms with Crippen molar-refractivity contribution in [1.29, 1.82) is 0 Å². The van der Waals surface area contributed by atoms with E-state index in [4.69, 9.17) is 0 Å². The van der Waals surface area contributed by atoms with Crippen LogP contribution in [0, 0.1) is 0 Å². The molecule has 1 aromatic carbocycles. The molecule has 2 heteroatoms. The van der Waals surface area contributed by atoms with E-state index in [-0.39, 0.29) is 0 Å². The summed E-state index contributed by atoms with van der Waals surface area (Å²) in [7, 11) is 0. The van der Waals surface area contributed by atoms with Gasteiger partial charge in [-0.3, -0.25) is 0 Å².